The van der Waals surface area contributed by atoms with Crippen LogP contribution in [0.2, 0.25) is 0 Å². The van der Waals surface area contributed by atoms with E-state index in [1.54, 1.807) is 0 Å². The van der Waals surface area contributed by atoms with Gasteiger partial charge in [0.15, 0.2) is 0 Å². The first-order valence-corrected chi connectivity index (χ1v) is 3.86. The van der Waals surface area contributed by atoms with Crippen LogP contribution in [0.15, 0.2) is 0 Å². The Hall–Kier alpha value is 1.24. The summed E-state index contributed by atoms with van der Waals surface area (Å²) in [5.74, 6) is 0. The number of rotatable bonds is 0. The Morgan fingerprint density at radius 3 is 0.727 bits per heavy atom. The minimum Gasteiger partial charge on any atom is -0.344 e. The summed E-state index contributed by atoms with van der Waals surface area (Å²) in [6, 6.07) is 0. The van der Waals surface area contributed by atoms with Gasteiger partial charge in [0.25, 0.3) is 0 Å². The molecule has 5 heteroatoms. The summed E-state index contributed by atoms with van der Waals surface area (Å²) < 4.78 is 0. The van der Waals surface area contributed by atoms with E-state index >= 15 is 0 Å². The molecule has 0 heterocycles. The van der Waals surface area contributed by atoms with Gasteiger partial charge in [-0.2, -0.15) is 25.3 Å². The second-order valence-electron chi connectivity index (χ2n) is 2.19. The Balaban J connectivity index is -0.0000000171. The molecule has 3 N–H and O–H groups in total. The largest absolute Gasteiger partial charge is 0.344 e. The molecule has 0 aromatic carbocycles. The van der Waals surface area contributed by atoms with Gasteiger partial charge in [-0.25, -0.2) is 0 Å². The summed E-state index contributed by atoms with van der Waals surface area (Å²) in [4.78, 5) is 0. The SMILES string of the molecule is CC(C)S.CC(C)S.Cl.Cl.N. The fourth-order valence-corrected chi connectivity index (χ4v) is 0. The molecule has 76 valence electrons. The topological polar surface area (TPSA) is 35.0 Å². The van der Waals surface area contributed by atoms with E-state index in [1.165, 1.54) is 0 Å². The molecule has 0 aromatic heterocycles. The third kappa shape index (κ3) is 624. The van der Waals surface area contributed by atoms with Crippen LogP contribution in [0.25, 0.3) is 0 Å². The lowest BCUT2D eigenvalue weighted by molar-refractivity contribution is 1.13. The molecular weight excluding hydrogens is 221 g/mol. The second kappa shape index (κ2) is 22.5. The van der Waals surface area contributed by atoms with Crippen LogP contribution < -0.4 is 6.15 Å². The van der Waals surface area contributed by atoms with Gasteiger partial charge < -0.3 is 6.15 Å². The standard InChI is InChI=1S/2C3H8S.2ClH.H3N/c2*1-3(2)4;;;/h2*3-4H,1-2H3;2*1H;1H3. The van der Waals surface area contributed by atoms with Crippen LogP contribution in [0, 0.1) is 0 Å². The third-order valence-corrected chi connectivity index (χ3v) is 0. The number of halogens is 2. The first kappa shape index (κ1) is 29.5. The van der Waals surface area contributed by atoms with E-state index in [4.69, 9.17) is 0 Å². The minimum atomic E-state index is 0. The Bertz CT molecular complexity index is 34.1. The quantitative estimate of drug-likeness (QED) is 0.557. The van der Waals surface area contributed by atoms with Crippen LogP contribution in [0.1, 0.15) is 27.7 Å². The van der Waals surface area contributed by atoms with Crippen molar-refractivity contribution in [3.05, 3.63) is 0 Å². The predicted molar refractivity (Wildman–Crippen MR) is 67.8 cm³/mol. The number of hydrogen-bond acceptors (Lipinski definition) is 3. The lowest BCUT2D eigenvalue weighted by atomic mass is 10.6. The van der Waals surface area contributed by atoms with Crippen LogP contribution in [0.5, 0.6) is 0 Å². The lowest BCUT2D eigenvalue weighted by Crippen LogP contribution is -1.71. The van der Waals surface area contributed by atoms with Gasteiger partial charge in [0, 0.05) is 0 Å². The summed E-state index contributed by atoms with van der Waals surface area (Å²) in [6.07, 6.45) is 0. The number of hydrogen-bond donors (Lipinski definition) is 3. The monoisotopic (exact) mass is 241 g/mol. The number of thiol groups is 2. The Labute approximate surface area is 94.3 Å². The van der Waals surface area contributed by atoms with Gasteiger partial charge in [0.2, 0.25) is 0 Å². The van der Waals surface area contributed by atoms with Gasteiger partial charge in [-0.1, -0.05) is 27.7 Å². The molecular formula is C6H21Cl2NS2. The van der Waals surface area contributed by atoms with Crippen molar-refractivity contribution in [3.8, 4) is 0 Å². The summed E-state index contributed by atoms with van der Waals surface area (Å²) in [6.45, 7) is 8.12. The average Bonchev–Trinajstić information content (AvgIpc) is 1.25. The molecule has 0 fully saturated rings. The van der Waals surface area contributed by atoms with Crippen molar-refractivity contribution in [3.63, 3.8) is 0 Å². The summed E-state index contributed by atoms with van der Waals surface area (Å²) >= 11 is 7.93. The molecule has 0 amide bonds. The maximum atomic E-state index is 3.97. The van der Waals surface area contributed by atoms with Gasteiger partial charge in [-0.15, -0.1) is 24.8 Å². The van der Waals surface area contributed by atoms with Crippen molar-refractivity contribution in [2.75, 3.05) is 0 Å². The van der Waals surface area contributed by atoms with Gasteiger partial charge in [0.1, 0.15) is 0 Å². The van der Waals surface area contributed by atoms with Crippen LogP contribution in [0.3, 0.4) is 0 Å². The molecule has 0 unspecified atom stereocenters. The molecule has 0 rings (SSSR count). The molecule has 0 aliphatic carbocycles. The highest BCUT2D eigenvalue weighted by Crippen LogP contribution is 1.83. The summed E-state index contributed by atoms with van der Waals surface area (Å²) in [5.41, 5.74) is 0. The molecule has 0 aliphatic rings. The highest BCUT2D eigenvalue weighted by atomic mass is 35.5. The fourth-order valence-electron chi connectivity index (χ4n) is 0. The molecule has 0 bridgehead atoms. The van der Waals surface area contributed by atoms with E-state index in [9.17, 15) is 0 Å². The van der Waals surface area contributed by atoms with E-state index in [-0.39, 0.29) is 31.0 Å². The van der Waals surface area contributed by atoms with Crippen molar-refractivity contribution >= 4 is 50.1 Å². The van der Waals surface area contributed by atoms with Crippen molar-refractivity contribution in [2.24, 2.45) is 0 Å². The highest BCUT2D eigenvalue weighted by Gasteiger charge is 1.69. The van der Waals surface area contributed by atoms with Crippen molar-refractivity contribution in [1.82, 2.24) is 6.15 Å². The Morgan fingerprint density at radius 1 is 0.727 bits per heavy atom. The molecule has 0 spiro atoms. The molecule has 0 aliphatic heterocycles. The zero-order valence-corrected chi connectivity index (χ0v) is 11.0. The fraction of sp³-hybridized carbons (Fsp3) is 1.00. The van der Waals surface area contributed by atoms with Crippen molar-refractivity contribution in [1.29, 1.82) is 0 Å². The Morgan fingerprint density at radius 2 is 0.727 bits per heavy atom. The van der Waals surface area contributed by atoms with Crippen LogP contribution in [-0.2, 0) is 0 Å². The van der Waals surface area contributed by atoms with Gasteiger partial charge in [-0.3, -0.25) is 0 Å². The average molecular weight is 242 g/mol. The van der Waals surface area contributed by atoms with E-state index < -0.39 is 0 Å². The van der Waals surface area contributed by atoms with Gasteiger partial charge in [-0.05, 0) is 10.5 Å². The first-order valence-electron chi connectivity index (χ1n) is 2.83. The van der Waals surface area contributed by atoms with Crippen molar-refractivity contribution in [2.45, 2.75) is 38.2 Å². The van der Waals surface area contributed by atoms with Crippen LogP contribution in [-0.4, -0.2) is 10.5 Å². The van der Waals surface area contributed by atoms with Gasteiger partial charge >= 0.3 is 0 Å². The normalized spacial score (nSPS) is 6.55. The highest BCUT2D eigenvalue weighted by molar-refractivity contribution is 7.81. The van der Waals surface area contributed by atoms with E-state index in [0.717, 1.165) is 0 Å². The van der Waals surface area contributed by atoms with Crippen LogP contribution >= 0.6 is 50.1 Å². The van der Waals surface area contributed by atoms with Gasteiger partial charge in [0.05, 0.1) is 0 Å². The molecule has 0 aromatic rings. The zero-order chi connectivity index (χ0) is 7.15. The minimum absolute atomic E-state index is 0. The lowest BCUT2D eigenvalue weighted by Gasteiger charge is -1.78. The maximum Gasteiger partial charge on any atom is -0.00399 e. The molecule has 0 saturated carbocycles. The van der Waals surface area contributed by atoms with Crippen molar-refractivity contribution < 1.29 is 0 Å². The molecule has 1 nitrogen and oxygen atoms in total. The second-order valence-corrected chi connectivity index (χ2v) is 4.25. The molecule has 0 saturated heterocycles. The van der Waals surface area contributed by atoms with E-state index in [2.05, 4.69) is 25.3 Å². The maximum absolute atomic E-state index is 3.97. The zero-order valence-electron chi connectivity index (χ0n) is 7.57. The molecule has 11 heavy (non-hydrogen) atoms. The first-order chi connectivity index (χ1) is 3.46. The van der Waals surface area contributed by atoms with E-state index in [0.29, 0.717) is 10.5 Å². The smallest absolute Gasteiger partial charge is 0.00399 e. The summed E-state index contributed by atoms with van der Waals surface area (Å²) in [7, 11) is 0. The van der Waals surface area contributed by atoms with E-state index in [1.807, 2.05) is 27.7 Å². The predicted octanol–water partition coefficient (Wildman–Crippen LogP) is 3.65. The Kier molecular flexibility index (Phi) is 60.3. The van der Waals surface area contributed by atoms with Crippen LogP contribution in [0.4, 0.5) is 0 Å². The molecule has 0 atom stereocenters. The summed E-state index contributed by atoms with van der Waals surface area (Å²) in [5, 5.41) is 1.06. The molecule has 0 radical (unpaired) electrons. The third-order valence-electron chi connectivity index (χ3n) is 0.